The third-order valence-corrected chi connectivity index (χ3v) is 2.27. The van der Waals surface area contributed by atoms with E-state index in [0.717, 1.165) is 0 Å². The molecule has 0 aliphatic heterocycles. The molecule has 0 radical (unpaired) electrons. The van der Waals surface area contributed by atoms with Crippen LogP contribution in [0.1, 0.15) is 12.5 Å². The smallest absolute Gasteiger partial charge is 0.320 e. The maximum absolute atomic E-state index is 13.0. The van der Waals surface area contributed by atoms with Crippen molar-refractivity contribution in [3.05, 3.63) is 34.6 Å². The molecule has 0 fully saturated rings. The molecule has 0 saturated carbocycles. The van der Waals surface area contributed by atoms with Crippen LogP contribution in [0.4, 0.5) is 4.39 Å². The molecule has 1 unspecified atom stereocenters. The van der Waals surface area contributed by atoms with Crippen LogP contribution in [0.5, 0.6) is 0 Å². The first kappa shape index (κ1) is 11.9. The number of halogens is 2. The van der Waals surface area contributed by atoms with Crippen molar-refractivity contribution >= 4 is 17.6 Å². The number of benzene rings is 1. The van der Waals surface area contributed by atoms with Crippen molar-refractivity contribution in [3.63, 3.8) is 0 Å². The Bertz CT molecular complexity index is 370. The van der Waals surface area contributed by atoms with Crippen molar-refractivity contribution in [1.82, 2.24) is 5.32 Å². The summed E-state index contributed by atoms with van der Waals surface area (Å²) >= 11 is 5.50. The van der Waals surface area contributed by atoms with Crippen LogP contribution >= 0.6 is 11.6 Å². The second-order valence-corrected chi connectivity index (χ2v) is 3.60. The average molecular weight is 232 g/mol. The molecule has 0 heterocycles. The molecule has 1 aromatic carbocycles. The molecule has 0 aliphatic rings. The minimum atomic E-state index is -0.940. The maximum Gasteiger partial charge on any atom is 0.320 e. The summed E-state index contributed by atoms with van der Waals surface area (Å²) < 4.78 is 13.0. The molecule has 1 aromatic rings. The number of aliphatic carboxylic acids is 1. The predicted molar refractivity (Wildman–Crippen MR) is 55.3 cm³/mol. The molecule has 3 nitrogen and oxygen atoms in total. The Morgan fingerprint density at radius 1 is 1.67 bits per heavy atom. The highest BCUT2D eigenvalue weighted by Crippen LogP contribution is 2.15. The number of nitrogens with one attached hydrogen (secondary N) is 1. The van der Waals surface area contributed by atoms with Gasteiger partial charge >= 0.3 is 5.97 Å². The van der Waals surface area contributed by atoms with Crippen LogP contribution in [-0.4, -0.2) is 17.1 Å². The molecule has 0 aliphatic carbocycles. The lowest BCUT2D eigenvalue weighted by Crippen LogP contribution is -2.33. The minimum absolute atomic E-state index is 0.0602. The van der Waals surface area contributed by atoms with Crippen LogP contribution in [-0.2, 0) is 11.3 Å². The third kappa shape index (κ3) is 3.49. The average Bonchev–Trinajstić information content (AvgIpc) is 2.19. The Labute approximate surface area is 91.9 Å². The molecule has 1 rings (SSSR count). The van der Waals surface area contributed by atoms with Gasteiger partial charge in [-0.15, -0.1) is 0 Å². The van der Waals surface area contributed by atoms with E-state index < -0.39 is 17.8 Å². The van der Waals surface area contributed by atoms with E-state index in [4.69, 9.17) is 16.7 Å². The molecule has 5 heteroatoms. The standard InChI is InChI=1S/C10H11ClFNO2/c1-6(10(14)15)13-5-7-2-3-8(11)9(12)4-7/h2-4,6,13H,5H2,1H3,(H,14,15). The van der Waals surface area contributed by atoms with Gasteiger partial charge in [-0.2, -0.15) is 0 Å². The molecule has 0 saturated heterocycles. The fourth-order valence-corrected chi connectivity index (χ4v) is 1.13. The Balaban J connectivity index is 2.58. The highest BCUT2D eigenvalue weighted by Gasteiger charge is 2.09. The third-order valence-electron chi connectivity index (χ3n) is 1.97. The summed E-state index contributed by atoms with van der Waals surface area (Å²) in [6.07, 6.45) is 0. The largest absolute Gasteiger partial charge is 0.480 e. The first-order valence-electron chi connectivity index (χ1n) is 4.41. The highest BCUT2D eigenvalue weighted by atomic mass is 35.5. The minimum Gasteiger partial charge on any atom is -0.480 e. The summed E-state index contributed by atoms with van der Waals surface area (Å²) in [6, 6.07) is 3.71. The van der Waals surface area contributed by atoms with Gasteiger partial charge < -0.3 is 10.4 Å². The zero-order valence-corrected chi connectivity index (χ0v) is 8.88. The van der Waals surface area contributed by atoms with Crippen molar-refractivity contribution in [2.45, 2.75) is 19.5 Å². The van der Waals surface area contributed by atoms with Gasteiger partial charge in [-0.1, -0.05) is 17.7 Å². The Morgan fingerprint density at radius 2 is 2.33 bits per heavy atom. The van der Waals surface area contributed by atoms with E-state index in [-0.39, 0.29) is 5.02 Å². The van der Waals surface area contributed by atoms with E-state index in [2.05, 4.69) is 5.32 Å². The number of hydrogen-bond acceptors (Lipinski definition) is 2. The summed E-state index contributed by atoms with van der Waals surface area (Å²) in [7, 11) is 0. The second-order valence-electron chi connectivity index (χ2n) is 3.19. The van der Waals surface area contributed by atoms with Crippen molar-refractivity contribution in [2.75, 3.05) is 0 Å². The molecule has 0 amide bonds. The Hall–Kier alpha value is -1.13. The predicted octanol–water partition coefficient (Wildman–Crippen LogP) is 2.04. The summed E-state index contributed by atoms with van der Waals surface area (Å²) in [5, 5.41) is 11.4. The van der Waals surface area contributed by atoms with Crippen LogP contribution < -0.4 is 5.32 Å². The van der Waals surface area contributed by atoms with Gasteiger partial charge in [0.25, 0.3) is 0 Å². The molecule has 0 bridgehead atoms. The molecular weight excluding hydrogens is 221 g/mol. The van der Waals surface area contributed by atoms with Crippen molar-refractivity contribution < 1.29 is 14.3 Å². The number of carbonyl (C=O) groups is 1. The molecule has 82 valence electrons. The van der Waals surface area contributed by atoms with Crippen LogP contribution in [0.25, 0.3) is 0 Å². The summed E-state index contributed by atoms with van der Waals surface area (Å²) in [5.41, 5.74) is 0.657. The zero-order chi connectivity index (χ0) is 11.4. The number of carboxylic acid groups (broad SMARTS) is 1. The van der Waals surface area contributed by atoms with Gasteiger partial charge in [0, 0.05) is 6.54 Å². The molecule has 2 N–H and O–H groups in total. The SMILES string of the molecule is CC(NCc1ccc(Cl)c(F)c1)C(=O)O. The van der Waals surface area contributed by atoms with E-state index in [0.29, 0.717) is 12.1 Å². The summed E-state index contributed by atoms with van der Waals surface area (Å²) in [6.45, 7) is 1.82. The quantitative estimate of drug-likeness (QED) is 0.834. The van der Waals surface area contributed by atoms with Crippen molar-refractivity contribution in [1.29, 1.82) is 0 Å². The summed E-state index contributed by atoms with van der Waals surface area (Å²) in [4.78, 5) is 10.5. The zero-order valence-electron chi connectivity index (χ0n) is 8.13. The molecule has 0 spiro atoms. The van der Waals surface area contributed by atoms with Crippen LogP contribution in [0.2, 0.25) is 5.02 Å². The van der Waals surface area contributed by atoms with E-state index in [1.165, 1.54) is 19.1 Å². The molecule has 1 atom stereocenters. The highest BCUT2D eigenvalue weighted by molar-refractivity contribution is 6.30. The van der Waals surface area contributed by atoms with Crippen LogP contribution in [0.15, 0.2) is 18.2 Å². The molecule has 15 heavy (non-hydrogen) atoms. The lowest BCUT2D eigenvalue weighted by atomic mass is 10.2. The van der Waals surface area contributed by atoms with Crippen molar-refractivity contribution in [2.24, 2.45) is 0 Å². The van der Waals surface area contributed by atoms with Gasteiger partial charge in [-0.25, -0.2) is 4.39 Å². The van der Waals surface area contributed by atoms with Gasteiger partial charge in [-0.05, 0) is 24.6 Å². The second kappa shape index (κ2) is 5.09. The van der Waals surface area contributed by atoms with Gasteiger partial charge in [0.1, 0.15) is 11.9 Å². The number of rotatable bonds is 4. The van der Waals surface area contributed by atoms with Crippen molar-refractivity contribution in [3.8, 4) is 0 Å². The Kier molecular flexibility index (Phi) is 4.05. The monoisotopic (exact) mass is 231 g/mol. The normalized spacial score (nSPS) is 12.5. The van der Waals surface area contributed by atoms with Crippen LogP contribution in [0.3, 0.4) is 0 Å². The lowest BCUT2D eigenvalue weighted by molar-refractivity contribution is -0.139. The van der Waals surface area contributed by atoms with Gasteiger partial charge in [-0.3, -0.25) is 4.79 Å². The maximum atomic E-state index is 13.0. The van der Waals surface area contributed by atoms with Gasteiger partial charge in [0.15, 0.2) is 0 Å². The number of hydrogen-bond donors (Lipinski definition) is 2. The summed E-state index contributed by atoms with van der Waals surface area (Å²) in [5.74, 6) is -1.44. The lowest BCUT2D eigenvalue weighted by Gasteiger charge is -2.09. The molecule has 0 aromatic heterocycles. The van der Waals surface area contributed by atoms with E-state index in [1.54, 1.807) is 6.07 Å². The topological polar surface area (TPSA) is 49.3 Å². The van der Waals surface area contributed by atoms with Crippen LogP contribution in [0, 0.1) is 5.82 Å². The fourth-order valence-electron chi connectivity index (χ4n) is 1.01. The van der Waals surface area contributed by atoms with E-state index >= 15 is 0 Å². The Morgan fingerprint density at radius 3 is 2.87 bits per heavy atom. The first-order valence-corrected chi connectivity index (χ1v) is 4.78. The van der Waals surface area contributed by atoms with Gasteiger partial charge in [0.05, 0.1) is 5.02 Å². The van der Waals surface area contributed by atoms with E-state index in [9.17, 15) is 9.18 Å². The van der Waals surface area contributed by atoms with E-state index in [1.807, 2.05) is 0 Å². The molecular formula is C10H11ClFNO2. The fraction of sp³-hybridized carbons (Fsp3) is 0.300. The first-order chi connectivity index (χ1) is 7.00. The van der Waals surface area contributed by atoms with Gasteiger partial charge in [0.2, 0.25) is 0 Å². The number of carboxylic acids is 1.